The summed E-state index contributed by atoms with van der Waals surface area (Å²) in [4.78, 5) is 0. The topological polar surface area (TPSA) is 67.4 Å². The number of ether oxygens (including phenoxy) is 1. The van der Waals surface area contributed by atoms with Gasteiger partial charge in [0, 0.05) is 6.54 Å². The third-order valence-electron chi connectivity index (χ3n) is 2.71. The lowest BCUT2D eigenvalue weighted by Gasteiger charge is -2.07. The first-order chi connectivity index (χ1) is 9.07. The first-order valence-electron chi connectivity index (χ1n) is 6.32. The average Bonchev–Trinajstić information content (AvgIpc) is 2.39. The van der Waals surface area contributed by atoms with Crippen LogP contribution in [0.15, 0.2) is 24.3 Å². The molecule has 2 N–H and O–H groups in total. The lowest BCUT2D eigenvalue weighted by molar-refractivity contribution is 0.414. The van der Waals surface area contributed by atoms with Gasteiger partial charge in [0.15, 0.2) is 0 Å². The van der Waals surface area contributed by atoms with Crippen LogP contribution in [0, 0.1) is 0 Å². The van der Waals surface area contributed by atoms with Gasteiger partial charge in [-0.2, -0.15) is 0 Å². The van der Waals surface area contributed by atoms with E-state index in [4.69, 9.17) is 4.74 Å². The van der Waals surface area contributed by atoms with E-state index in [1.54, 1.807) is 7.11 Å². The van der Waals surface area contributed by atoms with Crippen LogP contribution in [0.25, 0.3) is 0 Å². The Bertz CT molecular complexity index is 475. The molecule has 0 unspecified atom stereocenters. The van der Waals surface area contributed by atoms with Crippen molar-refractivity contribution < 1.29 is 13.2 Å². The molecule has 5 nitrogen and oxygen atoms in total. The fraction of sp³-hybridized carbons (Fsp3) is 0.538. The van der Waals surface area contributed by atoms with E-state index in [-0.39, 0.29) is 5.75 Å². The third-order valence-corrected chi connectivity index (χ3v) is 4.18. The fourth-order valence-electron chi connectivity index (χ4n) is 1.69. The number of methoxy groups -OCH3 is 1. The second-order valence-corrected chi connectivity index (χ2v) is 6.20. The molecule has 0 aliphatic rings. The number of hydrogen-bond acceptors (Lipinski definition) is 4. The van der Waals surface area contributed by atoms with Gasteiger partial charge in [0.05, 0.1) is 12.9 Å². The Labute approximate surface area is 115 Å². The average molecular weight is 286 g/mol. The van der Waals surface area contributed by atoms with Gasteiger partial charge in [-0.3, -0.25) is 0 Å². The van der Waals surface area contributed by atoms with Crippen molar-refractivity contribution in [2.75, 3.05) is 33.0 Å². The maximum absolute atomic E-state index is 11.7. The highest BCUT2D eigenvalue weighted by molar-refractivity contribution is 7.89. The Hall–Kier alpha value is -1.11. The molecular weight excluding hydrogens is 264 g/mol. The summed E-state index contributed by atoms with van der Waals surface area (Å²) in [6, 6.07) is 7.63. The van der Waals surface area contributed by atoms with Crippen LogP contribution < -0.4 is 14.8 Å². The molecule has 0 spiro atoms. The van der Waals surface area contributed by atoms with Crippen LogP contribution in [-0.4, -0.2) is 41.4 Å². The standard InChI is InChI=1S/C13H22N2O3S/c1-14-8-4-10-19(16,17)15-9-7-12-5-3-6-13(11-12)18-2/h3,5-6,11,14-15H,4,7-10H2,1-2H3. The second-order valence-electron chi connectivity index (χ2n) is 4.27. The number of nitrogens with one attached hydrogen (secondary N) is 2. The minimum atomic E-state index is -3.16. The molecule has 0 saturated carbocycles. The van der Waals surface area contributed by atoms with Gasteiger partial charge in [0.25, 0.3) is 0 Å². The summed E-state index contributed by atoms with van der Waals surface area (Å²) in [7, 11) is 0.262. The zero-order valence-electron chi connectivity index (χ0n) is 11.5. The molecule has 0 fully saturated rings. The molecule has 0 bridgehead atoms. The molecule has 1 aromatic carbocycles. The van der Waals surface area contributed by atoms with Crippen LogP contribution in [0.5, 0.6) is 5.75 Å². The third kappa shape index (κ3) is 6.56. The van der Waals surface area contributed by atoms with Crippen molar-refractivity contribution in [2.24, 2.45) is 0 Å². The van der Waals surface area contributed by atoms with Crippen molar-refractivity contribution in [3.05, 3.63) is 29.8 Å². The summed E-state index contributed by atoms with van der Waals surface area (Å²) in [6.07, 6.45) is 1.27. The van der Waals surface area contributed by atoms with Crippen molar-refractivity contribution in [1.29, 1.82) is 0 Å². The van der Waals surface area contributed by atoms with E-state index in [1.807, 2.05) is 31.3 Å². The van der Waals surface area contributed by atoms with Gasteiger partial charge in [-0.05, 0) is 44.1 Å². The largest absolute Gasteiger partial charge is 0.497 e. The van der Waals surface area contributed by atoms with Gasteiger partial charge in [-0.25, -0.2) is 13.1 Å². The first kappa shape index (κ1) is 15.9. The molecule has 0 aliphatic carbocycles. The Morgan fingerprint density at radius 1 is 1.26 bits per heavy atom. The van der Waals surface area contributed by atoms with E-state index >= 15 is 0 Å². The maximum Gasteiger partial charge on any atom is 0.211 e. The van der Waals surface area contributed by atoms with Gasteiger partial charge in [0.2, 0.25) is 10.0 Å². The summed E-state index contributed by atoms with van der Waals surface area (Å²) in [6.45, 7) is 1.12. The molecule has 0 amide bonds. The van der Waals surface area contributed by atoms with E-state index in [1.165, 1.54) is 0 Å². The predicted octanol–water partition coefficient (Wildman–Crippen LogP) is 0.767. The summed E-state index contributed by atoms with van der Waals surface area (Å²) >= 11 is 0. The van der Waals surface area contributed by atoms with E-state index in [2.05, 4.69) is 10.0 Å². The Balaban J connectivity index is 2.36. The normalized spacial score (nSPS) is 11.5. The lowest BCUT2D eigenvalue weighted by Crippen LogP contribution is -2.29. The zero-order valence-corrected chi connectivity index (χ0v) is 12.3. The number of sulfonamides is 1. The van der Waals surface area contributed by atoms with Crippen LogP contribution in [0.3, 0.4) is 0 Å². The summed E-state index contributed by atoms with van der Waals surface area (Å²) in [5, 5.41) is 2.93. The molecular formula is C13H22N2O3S. The minimum Gasteiger partial charge on any atom is -0.497 e. The molecule has 0 aliphatic heterocycles. The van der Waals surface area contributed by atoms with Crippen molar-refractivity contribution in [3.8, 4) is 5.75 Å². The Kier molecular flexibility index (Phi) is 6.83. The van der Waals surface area contributed by atoms with Crippen LogP contribution in [0.4, 0.5) is 0 Å². The highest BCUT2D eigenvalue weighted by atomic mass is 32.2. The minimum absolute atomic E-state index is 0.159. The highest BCUT2D eigenvalue weighted by Gasteiger charge is 2.08. The van der Waals surface area contributed by atoms with Gasteiger partial charge in [-0.15, -0.1) is 0 Å². The summed E-state index contributed by atoms with van der Waals surface area (Å²) in [5.41, 5.74) is 1.05. The molecule has 6 heteroatoms. The van der Waals surface area contributed by atoms with E-state index < -0.39 is 10.0 Å². The summed E-state index contributed by atoms with van der Waals surface area (Å²) in [5.74, 6) is 0.945. The van der Waals surface area contributed by atoms with Gasteiger partial charge >= 0.3 is 0 Å². The maximum atomic E-state index is 11.7. The van der Waals surface area contributed by atoms with E-state index in [0.29, 0.717) is 25.9 Å². The molecule has 0 heterocycles. The van der Waals surface area contributed by atoms with Crippen molar-refractivity contribution >= 4 is 10.0 Å². The van der Waals surface area contributed by atoms with Crippen LogP contribution >= 0.6 is 0 Å². The van der Waals surface area contributed by atoms with E-state index in [9.17, 15) is 8.42 Å². The number of rotatable bonds is 9. The van der Waals surface area contributed by atoms with Crippen molar-refractivity contribution in [3.63, 3.8) is 0 Å². The molecule has 108 valence electrons. The number of benzene rings is 1. The molecule has 0 atom stereocenters. The van der Waals surface area contributed by atoms with Gasteiger partial charge in [0.1, 0.15) is 5.75 Å². The molecule has 0 radical (unpaired) electrons. The monoisotopic (exact) mass is 286 g/mol. The Morgan fingerprint density at radius 2 is 2.05 bits per heavy atom. The van der Waals surface area contributed by atoms with Crippen LogP contribution in [0.2, 0.25) is 0 Å². The first-order valence-corrected chi connectivity index (χ1v) is 7.97. The number of hydrogen-bond donors (Lipinski definition) is 2. The lowest BCUT2D eigenvalue weighted by atomic mass is 10.1. The van der Waals surface area contributed by atoms with Gasteiger partial charge < -0.3 is 10.1 Å². The van der Waals surface area contributed by atoms with Crippen LogP contribution in [0.1, 0.15) is 12.0 Å². The fourth-order valence-corrected chi connectivity index (χ4v) is 2.77. The molecule has 0 aromatic heterocycles. The quantitative estimate of drug-likeness (QED) is 0.658. The van der Waals surface area contributed by atoms with Crippen LogP contribution in [-0.2, 0) is 16.4 Å². The smallest absolute Gasteiger partial charge is 0.211 e. The molecule has 19 heavy (non-hydrogen) atoms. The zero-order chi connectivity index (χ0) is 14.1. The highest BCUT2D eigenvalue weighted by Crippen LogP contribution is 2.12. The van der Waals surface area contributed by atoms with Crippen molar-refractivity contribution in [1.82, 2.24) is 10.0 Å². The molecule has 1 aromatic rings. The molecule has 0 saturated heterocycles. The SMILES string of the molecule is CNCCCS(=O)(=O)NCCc1cccc(OC)c1. The van der Waals surface area contributed by atoms with Gasteiger partial charge in [-0.1, -0.05) is 12.1 Å². The van der Waals surface area contributed by atoms with E-state index in [0.717, 1.165) is 11.3 Å². The molecule has 1 rings (SSSR count). The Morgan fingerprint density at radius 3 is 2.74 bits per heavy atom. The second kappa shape index (κ2) is 8.14. The summed E-state index contributed by atoms with van der Waals surface area (Å²) < 4.78 is 31.0. The predicted molar refractivity (Wildman–Crippen MR) is 77.0 cm³/mol. The van der Waals surface area contributed by atoms with Crippen molar-refractivity contribution in [2.45, 2.75) is 12.8 Å².